The number of benzene rings is 1. The van der Waals surface area contributed by atoms with E-state index in [1.165, 1.54) is 5.56 Å². The zero-order valence-corrected chi connectivity index (χ0v) is 18.1. The minimum atomic E-state index is 0.0354. The number of likely N-dealkylation sites (N-methyl/N-ethyl adjacent to an activating group) is 1. The van der Waals surface area contributed by atoms with E-state index in [0.29, 0.717) is 19.0 Å². The molecule has 4 nitrogen and oxygen atoms in total. The highest BCUT2D eigenvalue weighted by atomic mass is 32.1. The molecule has 1 unspecified atom stereocenters. The van der Waals surface area contributed by atoms with Gasteiger partial charge in [0, 0.05) is 18.0 Å². The fourth-order valence-corrected chi connectivity index (χ4v) is 4.95. The Balaban J connectivity index is 1.57. The van der Waals surface area contributed by atoms with Gasteiger partial charge in [0.1, 0.15) is 5.01 Å². The number of nitrogens with zero attached hydrogens (tertiary/aromatic N) is 2. The Morgan fingerprint density at radius 3 is 2.57 bits per heavy atom. The molecule has 6 heteroatoms. The first-order valence-corrected chi connectivity index (χ1v) is 11.5. The Labute approximate surface area is 175 Å². The number of aromatic nitrogens is 1. The van der Waals surface area contributed by atoms with E-state index in [9.17, 15) is 4.79 Å². The van der Waals surface area contributed by atoms with E-state index in [-0.39, 0.29) is 5.91 Å². The van der Waals surface area contributed by atoms with Crippen molar-refractivity contribution in [2.75, 3.05) is 19.6 Å². The van der Waals surface area contributed by atoms with E-state index < -0.39 is 0 Å². The summed E-state index contributed by atoms with van der Waals surface area (Å²) in [5.41, 5.74) is 2.14. The van der Waals surface area contributed by atoms with Gasteiger partial charge in [0.15, 0.2) is 0 Å². The maximum atomic E-state index is 12.5. The van der Waals surface area contributed by atoms with Crippen LogP contribution in [0.4, 0.5) is 0 Å². The summed E-state index contributed by atoms with van der Waals surface area (Å²) in [4.78, 5) is 20.7. The van der Waals surface area contributed by atoms with E-state index in [1.54, 1.807) is 22.7 Å². The number of carbonyl (C=O) groups is 1. The van der Waals surface area contributed by atoms with Gasteiger partial charge in [-0.2, -0.15) is 0 Å². The molecule has 0 fully saturated rings. The van der Waals surface area contributed by atoms with Crippen LogP contribution in [0, 0.1) is 0 Å². The number of thiazole rings is 1. The van der Waals surface area contributed by atoms with Crippen LogP contribution < -0.4 is 5.32 Å². The smallest absolute Gasteiger partial charge is 0.226 e. The third kappa shape index (κ3) is 5.74. The maximum Gasteiger partial charge on any atom is 0.226 e. The first-order valence-electron chi connectivity index (χ1n) is 9.72. The number of rotatable bonds is 10. The largest absolute Gasteiger partial charge is 0.354 e. The minimum absolute atomic E-state index is 0.0354. The zero-order chi connectivity index (χ0) is 19.8. The monoisotopic (exact) mass is 413 g/mol. The van der Waals surface area contributed by atoms with Gasteiger partial charge < -0.3 is 5.32 Å². The molecule has 2 aromatic heterocycles. The molecular weight excluding hydrogens is 386 g/mol. The van der Waals surface area contributed by atoms with Gasteiger partial charge in [-0.25, -0.2) is 4.98 Å². The fraction of sp³-hybridized carbons (Fsp3) is 0.364. The number of carbonyl (C=O) groups excluding carboxylic acids is 1. The molecule has 0 saturated heterocycles. The van der Waals surface area contributed by atoms with Crippen molar-refractivity contribution in [3.63, 3.8) is 0 Å². The SMILES string of the molecule is CCN(CC)C(CNC(=O)Cc1csc(-c2cccs2)n1)Cc1ccccc1. The van der Waals surface area contributed by atoms with Crippen molar-refractivity contribution in [2.45, 2.75) is 32.7 Å². The summed E-state index contributed by atoms with van der Waals surface area (Å²) in [6.07, 6.45) is 1.26. The summed E-state index contributed by atoms with van der Waals surface area (Å²) >= 11 is 3.27. The molecule has 3 aromatic rings. The highest BCUT2D eigenvalue weighted by Gasteiger charge is 2.18. The van der Waals surface area contributed by atoms with Crippen molar-refractivity contribution >= 4 is 28.6 Å². The third-order valence-corrected chi connectivity index (χ3v) is 6.73. The molecule has 1 amide bonds. The Bertz CT molecular complexity index is 842. The molecule has 0 radical (unpaired) electrons. The summed E-state index contributed by atoms with van der Waals surface area (Å²) in [7, 11) is 0. The van der Waals surface area contributed by atoms with E-state index in [0.717, 1.165) is 35.1 Å². The number of hydrogen-bond donors (Lipinski definition) is 1. The molecule has 2 heterocycles. The van der Waals surface area contributed by atoms with Crippen molar-refractivity contribution in [3.8, 4) is 9.88 Å². The molecule has 1 atom stereocenters. The van der Waals surface area contributed by atoms with Gasteiger partial charge in [-0.15, -0.1) is 22.7 Å². The molecular formula is C22H27N3OS2. The second-order valence-electron chi connectivity index (χ2n) is 6.67. The lowest BCUT2D eigenvalue weighted by Crippen LogP contribution is -2.45. The van der Waals surface area contributed by atoms with E-state index in [1.807, 2.05) is 22.9 Å². The molecule has 0 bridgehead atoms. The predicted molar refractivity (Wildman–Crippen MR) is 119 cm³/mol. The van der Waals surface area contributed by atoms with Crippen molar-refractivity contribution in [1.29, 1.82) is 0 Å². The third-order valence-electron chi connectivity index (χ3n) is 4.80. The summed E-state index contributed by atoms with van der Waals surface area (Å²) in [5, 5.41) is 8.15. The van der Waals surface area contributed by atoms with Crippen LogP contribution in [0.3, 0.4) is 0 Å². The summed E-state index contributed by atoms with van der Waals surface area (Å²) < 4.78 is 0. The number of amides is 1. The zero-order valence-electron chi connectivity index (χ0n) is 16.4. The van der Waals surface area contributed by atoms with Crippen molar-refractivity contribution in [3.05, 3.63) is 64.5 Å². The predicted octanol–water partition coefficient (Wildman–Crippen LogP) is 4.48. The van der Waals surface area contributed by atoms with Gasteiger partial charge in [0.25, 0.3) is 0 Å². The molecule has 0 spiro atoms. The lowest BCUT2D eigenvalue weighted by atomic mass is 10.0. The molecule has 0 aliphatic heterocycles. The topological polar surface area (TPSA) is 45.2 Å². The second-order valence-corrected chi connectivity index (χ2v) is 8.47. The number of hydrogen-bond acceptors (Lipinski definition) is 5. The van der Waals surface area contributed by atoms with Crippen molar-refractivity contribution < 1.29 is 4.79 Å². The van der Waals surface area contributed by atoms with Gasteiger partial charge in [0.05, 0.1) is 17.0 Å². The van der Waals surface area contributed by atoms with Gasteiger partial charge >= 0.3 is 0 Å². The Morgan fingerprint density at radius 1 is 1.11 bits per heavy atom. The molecule has 28 heavy (non-hydrogen) atoms. The standard InChI is InChI=1S/C22H27N3OS2/c1-3-25(4-2)19(13-17-9-6-5-7-10-17)15-23-21(26)14-18-16-28-22(24-18)20-11-8-12-27-20/h5-12,16,19H,3-4,13-15H2,1-2H3,(H,23,26). The number of nitrogens with one attached hydrogen (secondary N) is 1. The van der Waals surface area contributed by atoms with Crippen LogP contribution in [0.2, 0.25) is 0 Å². The number of thiophene rings is 1. The highest BCUT2D eigenvalue weighted by Crippen LogP contribution is 2.27. The van der Waals surface area contributed by atoms with Crippen LogP contribution in [0.5, 0.6) is 0 Å². The minimum Gasteiger partial charge on any atom is -0.354 e. The summed E-state index contributed by atoms with van der Waals surface area (Å²) in [6.45, 7) is 6.94. The van der Waals surface area contributed by atoms with Crippen LogP contribution in [0.25, 0.3) is 9.88 Å². The van der Waals surface area contributed by atoms with E-state index >= 15 is 0 Å². The molecule has 0 aliphatic carbocycles. The molecule has 0 aliphatic rings. The van der Waals surface area contributed by atoms with Crippen LogP contribution >= 0.6 is 22.7 Å². The van der Waals surface area contributed by atoms with Crippen LogP contribution in [-0.4, -0.2) is 41.5 Å². The molecule has 3 rings (SSSR count). The Hall–Kier alpha value is -2.02. The normalized spacial score (nSPS) is 12.2. The van der Waals surface area contributed by atoms with Gasteiger partial charge in [-0.05, 0) is 36.5 Å². The molecule has 148 valence electrons. The highest BCUT2D eigenvalue weighted by molar-refractivity contribution is 7.20. The summed E-state index contributed by atoms with van der Waals surface area (Å²) in [6, 6.07) is 14.9. The molecule has 0 saturated carbocycles. The average Bonchev–Trinajstić information content (AvgIpc) is 3.39. The van der Waals surface area contributed by atoms with E-state index in [4.69, 9.17) is 0 Å². The second kappa shape index (κ2) is 10.5. The fourth-order valence-electron chi connectivity index (χ4n) is 3.32. The molecule has 1 N–H and O–H groups in total. The Morgan fingerprint density at radius 2 is 1.89 bits per heavy atom. The average molecular weight is 414 g/mol. The lowest BCUT2D eigenvalue weighted by molar-refractivity contribution is -0.120. The Kier molecular flexibility index (Phi) is 7.77. The first-order chi connectivity index (χ1) is 13.7. The van der Waals surface area contributed by atoms with Gasteiger partial charge in [-0.1, -0.05) is 50.2 Å². The van der Waals surface area contributed by atoms with Crippen LogP contribution in [0.15, 0.2) is 53.2 Å². The summed E-state index contributed by atoms with van der Waals surface area (Å²) in [5.74, 6) is 0.0354. The van der Waals surface area contributed by atoms with Crippen molar-refractivity contribution in [1.82, 2.24) is 15.2 Å². The molecule has 1 aromatic carbocycles. The van der Waals surface area contributed by atoms with Crippen molar-refractivity contribution in [2.24, 2.45) is 0 Å². The van der Waals surface area contributed by atoms with Gasteiger partial charge in [-0.3, -0.25) is 9.69 Å². The van der Waals surface area contributed by atoms with Crippen LogP contribution in [-0.2, 0) is 17.6 Å². The quantitative estimate of drug-likeness (QED) is 0.533. The van der Waals surface area contributed by atoms with Crippen LogP contribution in [0.1, 0.15) is 25.1 Å². The van der Waals surface area contributed by atoms with E-state index in [2.05, 4.69) is 59.4 Å². The van der Waals surface area contributed by atoms with Gasteiger partial charge in [0.2, 0.25) is 5.91 Å². The lowest BCUT2D eigenvalue weighted by Gasteiger charge is -2.30. The first kappa shape index (κ1) is 20.7. The maximum absolute atomic E-state index is 12.5.